The fraction of sp³-hybridized carbons (Fsp3) is 0.200. The second-order valence-electron chi connectivity index (χ2n) is 4.70. The smallest absolute Gasteiger partial charge is 0.270 e. The quantitative estimate of drug-likeness (QED) is 0.657. The molecule has 0 saturated heterocycles. The van der Waals surface area contributed by atoms with E-state index in [9.17, 15) is 10.1 Å². The average molecular weight is 335 g/mol. The van der Waals surface area contributed by atoms with Crippen LogP contribution in [0, 0.1) is 24.0 Å². The van der Waals surface area contributed by atoms with Gasteiger partial charge in [-0.15, -0.1) is 0 Å². The summed E-state index contributed by atoms with van der Waals surface area (Å²) >= 11 is 3.36. The molecule has 0 atom stereocenters. The van der Waals surface area contributed by atoms with Gasteiger partial charge in [-0.1, -0.05) is 23.8 Å². The zero-order valence-electron chi connectivity index (χ0n) is 11.3. The third kappa shape index (κ3) is 3.36. The number of nitrogens with zero attached hydrogens (tertiary/aromatic N) is 1. The van der Waals surface area contributed by atoms with E-state index in [1.54, 1.807) is 6.07 Å². The summed E-state index contributed by atoms with van der Waals surface area (Å²) in [5, 5.41) is 14.0. The van der Waals surface area contributed by atoms with Gasteiger partial charge in [0.15, 0.2) is 0 Å². The van der Waals surface area contributed by atoms with Crippen LogP contribution in [-0.4, -0.2) is 4.92 Å². The topological polar surface area (TPSA) is 55.2 Å². The predicted octanol–water partition coefficient (Wildman–Crippen LogP) is 4.59. The molecular weight excluding hydrogens is 320 g/mol. The molecule has 0 amide bonds. The van der Waals surface area contributed by atoms with Gasteiger partial charge in [0.1, 0.15) is 0 Å². The van der Waals surface area contributed by atoms with Crippen LogP contribution < -0.4 is 5.32 Å². The number of hydrogen-bond donors (Lipinski definition) is 1. The molecule has 0 aliphatic carbocycles. The Kier molecular flexibility index (Phi) is 4.39. The monoisotopic (exact) mass is 334 g/mol. The molecule has 1 N–H and O–H groups in total. The van der Waals surface area contributed by atoms with E-state index in [0.717, 1.165) is 5.69 Å². The van der Waals surface area contributed by atoms with Gasteiger partial charge in [-0.05, 0) is 47.0 Å². The first-order valence-electron chi connectivity index (χ1n) is 6.21. The van der Waals surface area contributed by atoms with Crippen molar-refractivity contribution in [1.82, 2.24) is 0 Å². The highest BCUT2D eigenvalue weighted by molar-refractivity contribution is 9.10. The lowest BCUT2D eigenvalue weighted by molar-refractivity contribution is -0.384. The van der Waals surface area contributed by atoms with Crippen LogP contribution in [-0.2, 0) is 6.54 Å². The second-order valence-corrected chi connectivity index (χ2v) is 5.56. The van der Waals surface area contributed by atoms with Gasteiger partial charge in [-0.25, -0.2) is 0 Å². The molecule has 0 radical (unpaired) electrons. The molecule has 2 aromatic carbocycles. The Morgan fingerprint density at radius 3 is 2.60 bits per heavy atom. The third-order valence-corrected chi connectivity index (χ3v) is 3.79. The molecule has 0 heterocycles. The Morgan fingerprint density at radius 1 is 1.20 bits per heavy atom. The average Bonchev–Trinajstić information content (AvgIpc) is 2.40. The van der Waals surface area contributed by atoms with Gasteiger partial charge >= 0.3 is 0 Å². The molecule has 4 nitrogen and oxygen atoms in total. The zero-order chi connectivity index (χ0) is 14.7. The molecule has 0 unspecified atom stereocenters. The van der Waals surface area contributed by atoms with Gasteiger partial charge in [0.2, 0.25) is 0 Å². The van der Waals surface area contributed by atoms with E-state index in [1.165, 1.54) is 28.8 Å². The number of anilines is 1. The fourth-order valence-corrected chi connectivity index (χ4v) is 2.45. The van der Waals surface area contributed by atoms with Gasteiger partial charge in [-0.2, -0.15) is 0 Å². The standard InChI is InChI=1S/C15H15BrN2O2/c1-10-3-4-11(2)12(7-10)9-17-15-6-5-13(18(19)20)8-14(15)16/h3-8,17H,9H2,1-2H3. The van der Waals surface area contributed by atoms with Crippen molar-refractivity contribution in [3.05, 3.63) is 67.7 Å². The fourth-order valence-electron chi connectivity index (χ4n) is 1.94. The lowest BCUT2D eigenvalue weighted by Crippen LogP contribution is -2.02. The highest BCUT2D eigenvalue weighted by Gasteiger charge is 2.09. The Labute approximate surface area is 126 Å². The highest BCUT2D eigenvalue weighted by Crippen LogP contribution is 2.27. The lowest BCUT2D eigenvalue weighted by atomic mass is 10.1. The molecule has 0 aromatic heterocycles. The number of non-ortho nitro benzene ring substituents is 1. The van der Waals surface area contributed by atoms with Gasteiger partial charge < -0.3 is 5.32 Å². The third-order valence-electron chi connectivity index (χ3n) is 3.14. The SMILES string of the molecule is Cc1ccc(C)c(CNc2ccc([N+](=O)[O-])cc2Br)c1. The van der Waals surface area contributed by atoms with Gasteiger partial charge in [0, 0.05) is 28.8 Å². The summed E-state index contributed by atoms with van der Waals surface area (Å²) in [5.74, 6) is 0. The van der Waals surface area contributed by atoms with Crippen molar-refractivity contribution in [1.29, 1.82) is 0 Å². The molecule has 0 aliphatic rings. The largest absolute Gasteiger partial charge is 0.380 e. The highest BCUT2D eigenvalue weighted by atomic mass is 79.9. The number of aryl methyl sites for hydroxylation is 2. The zero-order valence-corrected chi connectivity index (χ0v) is 12.9. The molecule has 20 heavy (non-hydrogen) atoms. The van der Waals surface area contributed by atoms with E-state index in [-0.39, 0.29) is 5.69 Å². The maximum Gasteiger partial charge on any atom is 0.270 e. The molecule has 0 bridgehead atoms. The molecule has 0 spiro atoms. The van der Waals surface area contributed by atoms with Gasteiger partial charge in [-0.3, -0.25) is 10.1 Å². The van der Waals surface area contributed by atoms with Crippen LogP contribution in [0.1, 0.15) is 16.7 Å². The summed E-state index contributed by atoms with van der Waals surface area (Å²) in [6.07, 6.45) is 0. The van der Waals surface area contributed by atoms with Crippen LogP contribution in [0.3, 0.4) is 0 Å². The molecule has 2 rings (SSSR count). The summed E-state index contributed by atoms with van der Waals surface area (Å²) in [6, 6.07) is 11.0. The number of nitro benzene ring substituents is 1. The van der Waals surface area contributed by atoms with E-state index < -0.39 is 4.92 Å². The van der Waals surface area contributed by atoms with Gasteiger partial charge in [0.05, 0.1) is 4.92 Å². The number of nitro groups is 1. The first-order valence-corrected chi connectivity index (χ1v) is 7.00. The van der Waals surface area contributed by atoms with E-state index >= 15 is 0 Å². The minimum absolute atomic E-state index is 0.0779. The van der Waals surface area contributed by atoms with Crippen LogP contribution in [0.5, 0.6) is 0 Å². The van der Waals surface area contributed by atoms with Crippen LogP contribution in [0.25, 0.3) is 0 Å². The molecule has 5 heteroatoms. The lowest BCUT2D eigenvalue weighted by Gasteiger charge is -2.11. The minimum Gasteiger partial charge on any atom is -0.380 e. The maximum atomic E-state index is 10.7. The molecule has 104 valence electrons. The second kappa shape index (κ2) is 6.05. The Bertz CT molecular complexity index is 656. The van der Waals surface area contributed by atoms with E-state index in [1.807, 2.05) is 0 Å². The van der Waals surface area contributed by atoms with Crippen LogP contribution >= 0.6 is 15.9 Å². The van der Waals surface area contributed by atoms with Crippen molar-refractivity contribution in [2.75, 3.05) is 5.32 Å². The Balaban J connectivity index is 2.15. The van der Waals surface area contributed by atoms with E-state index in [2.05, 4.69) is 53.3 Å². The van der Waals surface area contributed by atoms with E-state index in [4.69, 9.17) is 0 Å². The van der Waals surface area contributed by atoms with Crippen LogP contribution in [0.15, 0.2) is 40.9 Å². The normalized spacial score (nSPS) is 10.3. The Hall–Kier alpha value is -1.88. The van der Waals surface area contributed by atoms with E-state index in [0.29, 0.717) is 11.0 Å². The Morgan fingerprint density at radius 2 is 1.95 bits per heavy atom. The van der Waals surface area contributed by atoms with Gasteiger partial charge in [0.25, 0.3) is 5.69 Å². The summed E-state index contributed by atoms with van der Waals surface area (Å²) in [6.45, 7) is 4.82. The molecule has 2 aromatic rings. The van der Waals surface area contributed by atoms with Crippen LogP contribution in [0.2, 0.25) is 0 Å². The molecule has 0 fully saturated rings. The summed E-state index contributed by atoms with van der Waals surface area (Å²) in [4.78, 5) is 10.3. The number of rotatable bonds is 4. The van der Waals surface area contributed by atoms with Crippen molar-refractivity contribution < 1.29 is 4.92 Å². The van der Waals surface area contributed by atoms with Crippen molar-refractivity contribution >= 4 is 27.3 Å². The predicted molar refractivity (Wildman–Crippen MR) is 84.0 cm³/mol. The van der Waals surface area contributed by atoms with Crippen molar-refractivity contribution in [2.45, 2.75) is 20.4 Å². The first-order chi connectivity index (χ1) is 9.47. The molecule has 0 aliphatic heterocycles. The van der Waals surface area contributed by atoms with Crippen LogP contribution in [0.4, 0.5) is 11.4 Å². The first kappa shape index (κ1) is 14.5. The minimum atomic E-state index is -0.404. The van der Waals surface area contributed by atoms with Crippen molar-refractivity contribution in [3.63, 3.8) is 0 Å². The molecule has 0 saturated carbocycles. The maximum absolute atomic E-state index is 10.7. The molecular formula is C15H15BrN2O2. The summed E-state index contributed by atoms with van der Waals surface area (Å²) in [7, 11) is 0. The number of nitrogens with one attached hydrogen (secondary N) is 1. The number of benzene rings is 2. The number of halogens is 1. The summed E-state index contributed by atoms with van der Waals surface area (Å²) in [5.41, 5.74) is 4.58. The number of hydrogen-bond acceptors (Lipinski definition) is 3. The summed E-state index contributed by atoms with van der Waals surface area (Å²) < 4.78 is 0.692. The van der Waals surface area contributed by atoms with Crippen molar-refractivity contribution in [3.8, 4) is 0 Å². The van der Waals surface area contributed by atoms with Crippen molar-refractivity contribution in [2.24, 2.45) is 0 Å².